The monoisotopic (exact) mass is 327 g/mol. The molecule has 126 valence electrons. The number of ether oxygens (including phenoxy) is 1. The molecule has 0 bridgehead atoms. The summed E-state index contributed by atoms with van der Waals surface area (Å²) in [6.07, 6.45) is 2.04. The van der Waals surface area contributed by atoms with Crippen LogP contribution in [0.3, 0.4) is 0 Å². The molecular formula is C19H21NO4. The van der Waals surface area contributed by atoms with Gasteiger partial charge in [0.2, 0.25) is 0 Å². The Morgan fingerprint density at radius 2 is 1.83 bits per heavy atom. The highest BCUT2D eigenvalue weighted by Gasteiger charge is 2.18. The van der Waals surface area contributed by atoms with Crippen molar-refractivity contribution in [1.29, 1.82) is 0 Å². The van der Waals surface area contributed by atoms with Gasteiger partial charge >= 0.3 is 11.9 Å². The standard InChI is InChI=1S/C19H21NO4/c1-2-3-11-20-15-9-10-16(18(21)22)17(12-15)19(23)24-13-14-7-5-4-6-8-14/h4-10,12,20H,2-3,11,13H2,1H3,(H,21,22). The molecule has 0 heterocycles. The fourth-order valence-electron chi connectivity index (χ4n) is 2.22. The highest BCUT2D eigenvalue weighted by Crippen LogP contribution is 2.18. The second kappa shape index (κ2) is 8.72. The Kier molecular flexibility index (Phi) is 6.37. The summed E-state index contributed by atoms with van der Waals surface area (Å²) in [7, 11) is 0. The van der Waals surface area contributed by atoms with E-state index >= 15 is 0 Å². The first-order valence-corrected chi connectivity index (χ1v) is 7.94. The minimum absolute atomic E-state index is 0.0555. The number of carboxylic acids is 1. The Bertz CT molecular complexity index is 698. The van der Waals surface area contributed by atoms with Crippen LogP contribution in [0.15, 0.2) is 48.5 Å². The molecule has 24 heavy (non-hydrogen) atoms. The highest BCUT2D eigenvalue weighted by molar-refractivity contribution is 6.03. The molecular weight excluding hydrogens is 306 g/mol. The van der Waals surface area contributed by atoms with E-state index in [2.05, 4.69) is 12.2 Å². The first-order valence-electron chi connectivity index (χ1n) is 7.94. The summed E-state index contributed by atoms with van der Waals surface area (Å²) >= 11 is 0. The molecule has 5 heteroatoms. The number of unbranched alkanes of at least 4 members (excludes halogenated alkanes) is 1. The van der Waals surface area contributed by atoms with Crippen molar-refractivity contribution in [3.05, 3.63) is 65.2 Å². The van der Waals surface area contributed by atoms with Gasteiger partial charge in [0, 0.05) is 12.2 Å². The molecule has 5 nitrogen and oxygen atoms in total. The zero-order chi connectivity index (χ0) is 17.4. The third-order valence-electron chi connectivity index (χ3n) is 3.54. The topological polar surface area (TPSA) is 75.6 Å². The molecule has 2 N–H and O–H groups in total. The van der Waals surface area contributed by atoms with E-state index in [1.54, 1.807) is 6.07 Å². The summed E-state index contributed by atoms with van der Waals surface area (Å²) in [6, 6.07) is 13.9. The van der Waals surface area contributed by atoms with Crippen molar-refractivity contribution in [1.82, 2.24) is 0 Å². The number of anilines is 1. The summed E-state index contributed by atoms with van der Waals surface area (Å²) in [5.74, 6) is -1.79. The molecule has 2 aromatic carbocycles. The quantitative estimate of drug-likeness (QED) is 0.567. The van der Waals surface area contributed by atoms with E-state index in [-0.39, 0.29) is 17.7 Å². The minimum Gasteiger partial charge on any atom is -0.478 e. The van der Waals surface area contributed by atoms with Gasteiger partial charge in [0.05, 0.1) is 11.1 Å². The summed E-state index contributed by atoms with van der Waals surface area (Å²) in [4.78, 5) is 23.7. The molecule has 0 spiro atoms. The Morgan fingerprint density at radius 3 is 2.50 bits per heavy atom. The molecule has 0 aliphatic carbocycles. The Balaban J connectivity index is 2.13. The van der Waals surface area contributed by atoms with Crippen molar-refractivity contribution in [2.24, 2.45) is 0 Å². The molecule has 0 saturated carbocycles. The van der Waals surface area contributed by atoms with Crippen LogP contribution in [-0.4, -0.2) is 23.6 Å². The number of carbonyl (C=O) groups is 2. The maximum Gasteiger partial charge on any atom is 0.339 e. The van der Waals surface area contributed by atoms with Crippen molar-refractivity contribution < 1.29 is 19.4 Å². The van der Waals surface area contributed by atoms with E-state index in [1.807, 2.05) is 30.3 Å². The summed E-state index contributed by atoms with van der Waals surface area (Å²) < 4.78 is 5.26. The lowest BCUT2D eigenvalue weighted by atomic mass is 10.1. The average Bonchev–Trinajstić information content (AvgIpc) is 2.60. The van der Waals surface area contributed by atoms with Gasteiger partial charge in [0.1, 0.15) is 6.61 Å². The van der Waals surface area contributed by atoms with Crippen LogP contribution in [0.1, 0.15) is 46.0 Å². The van der Waals surface area contributed by atoms with Gasteiger partial charge in [-0.1, -0.05) is 43.7 Å². The predicted molar refractivity (Wildman–Crippen MR) is 92.4 cm³/mol. The highest BCUT2D eigenvalue weighted by atomic mass is 16.5. The third kappa shape index (κ3) is 4.84. The zero-order valence-corrected chi connectivity index (χ0v) is 13.6. The maximum absolute atomic E-state index is 12.3. The van der Waals surface area contributed by atoms with Gasteiger partial charge < -0.3 is 15.2 Å². The summed E-state index contributed by atoms with van der Waals surface area (Å²) in [5.41, 5.74) is 1.55. The van der Waals surface area contributed by atoms with Crippen LogP contribution in [0.5, 0.6) is 0 Å². The second-order valence-electron chi connectivity index (χ2n) is 5.41. The van der Waals surface area contributed by atoms with E-state index < -0.39 is 11.9 Å². The van der Waals surface area contributed by atoms with E-state index in [0.29, 0.717) is 5.69 Å². The Labute approximate surface area is 141 Å². The van der Waals surface area contributed by atoms with E-state index in [9.17, 15) is 14.7 Å². The van der Waals surface area contributed by atoms with Gasteiger partial charge in [0.25, 0.3) is 0 Å². The van der Waals surface area contributed by atoms with Crippen LogP contribution >= 0.6 is 0 Å². The third-order valence-corrected chi connectivity index (χ3v) is 3.54. The number of hydrogen-bond donors (Lipinski definition) is 2. The summed E-state index contributed by atoms with van der Waals surface area (Å²) in [6.45, 7) is 2.95. The van der Waals surface area contributed by atoms with Crippen LogP contribution in [-0.2, 0) is 11.3 Å². The smallest absolute Gasteiger partial charge is 0.339 e. The second-order valence-corrected chi connectivity index (χ2v) is 5.41. The lowest BCUT2D eigenvalue weighted by molar-refractivity contribution is 0.0463. The van der Waals surface area contributed by atoms with E-state index in [0.717, 1.165) is 24.9 Å². The molecule has 0 atom stereocenters. The summed E-state index contributed by atoms with van der Waals surface area (Å²) in [5, 5.41) is 12.5. The molecule has 0 amide bonds. The van der Waals surface area contributed by atoms with Gasteiger partial charge in [-0.05, 0) is 30.2 Å². The Hall–Kier alpha value is -2.82. The number of aromatic carboxylic acids is 1. The number of nitrogens with one attached hydrogen (secondary N) is 1. The van der Waals surface area contributed by atoms with Gasteiger partial charge in [-0.2, -0.15) is 0 Å². The van der Waals surface area contributed by atoms with Gasteiger partial charge in [-0.25, -0.2) is 9.59 Å². The zero-order valence-electron chi connectivity index (χ0n) is 13.6. The fourth-order valence-corrected chi connectivity index (χ4v) is 2.22. The molecule has 0 radical (unpaired) electrons. The van der Waals surface area contributed by atoms with Crippen LogP contribution < -0.4 is 5.32 Å². The molecule has 0 aliphatic heterocycles. The number of benzene rings is 2. The predicted octanol–water partition coefficient (Wildman–Crippen LogP) is 3.95. The molecule has 2 rings (SSSR count). The number of carbonyl (C=O) groups excluding carboxylic acids is 1. The lowest BCUT2D eigenvalue weighted by Crippen LogP contribution is -2.13. The first-order chi connectivity index (χ1) is 11.6. The fraction of sp³-hybridized carbons (Fsp3) is 0.263. The maximum atomic E-state index is 12.3. The van der Waals surface area contributed by atoms with Crippen LogP contribution in [0.4, 0.5) is 5.69 Å². The van der Waals surface area contributed by atoms with Crippen LogP contribution in [0.25, 0.3) is 0 Å². The van der Waals surface area contributed by atoms with Crippen molar-refractivity contribution in [2.45, 2.75) is 26.4 Å². The van der Waals surface area contributed by atoms with Crippen molar-refractivity contribution >= 4 is 17.6 Å². The van der Waals surface area contributed by atoms with E-state index in [4.69, 9.17) is 4.74 Å². The van der Waals surface area contributed by atoms with Crippen LogP contribution in [0, 0.1) is 0 Å². The number of carboxylic acid groups (broad SMARTS) is 1. The number of rotatable bonds is 8. The molecule has 0 aliphatic rings. The average molecular weight is 327 g/mol. The van der Waals surface area contributed by atoms with E-state index in [1.165, 1.54) is 12.1 Å². The van der Waals surface area contributed by atoms with Gasteiger partial charge in [0.15, 0.2) is 0 Å². The number of esters is 1. The SMILES string of the molecule is CCCCNc1ccc(C(=O)O)c(C(=O)OCc2ccccc2)c1. The van der Waals surface area contributed by atoms with Crippen molar-refractivity contribution in [3.8, 4) is 0 Å². The largest absolute Gasteiger partial charge is 0.478 e. The van der Waals surface area contributed by atoms with Crippen LogP contribution in [0.2, 0.25) is 0 Å². The molecule has 0 aromatic heterocycles. The first kappa shape index (κ1) is 17.5. The van der Waals surface area contributed by atoms with Gasteiger partial charge in [-0.15, -0.1) is 0 Å². The number of hydrogen-bond acceptors (Lipinski definition) is 4. The van der Waals surface area contributed by atoms with Gasteiger partial charge in [-0.3, -0.25) is 0 Å². The normalized spacial score (nSPS) is 10.2. The molecule has 0 saturated heterocycles. The molecule has 0 unspecified atom stereocenters. The Morgan fingerprint density at radius 1 is 1.08 bits per heavy atom. The van der Waals surface area contributed by atoms with Crippen molar-refractivity contribution in [3.63, 3.8) is 0 Å². The van der Waals surface area contributed by atoms with Crippen molar-refractivity contribution in [2.75, 3.05) is 11.9 Å². The molecule has 2 aromatic rings. The minimum atomic E-state index is -1.15. The lowest BCUT2D eigenvalue weighted by Gasteiger charge is -2.11. The molecule has 0 fully saturated rings.